The molecule has 5 heteroatoms. The Kier molecular flexibility index (Phi) is 4.49. The number of oxime groups is 1. The van der Waals surface area contributed by atoms with Crippen molar-refractivity contribution in [1.82, 2.24) is 4.90 Å². The van der Waals surface area contributed by atoms with E-state index in [1.807, 2.05) is 12.1 Å². The van der Waals surface area contributed by atoms with Gasteiger partial charge in [-0.25, -0.2) is 0 Å². The summed E-state index contributed by atoms with van der Waals surface area (Å²) in [6, 6.07) is 6.57. The molecule has 1 fully saturated rings. The molecule has 2 rings (SSSR count). The molecule has 0 bridgehead atoms. The topological polar surface area (TPSA) is 65.1 Å². The van der Waals surface area contributed by atoms with Crippen molar-refractivity contribution in [3.8, 4) is 0 Å². The molecular weight excluding hydrogens is 252 g/mol. The third-order valence-electron chi connectivity index (χ3n) is 4.13. The highest BCUT2D eigenvalue weighted by Gasteiger charge is 2.24. The Morgan fingerprint density at radius 2 is 2.00 bits per heavy atom. The number of hydrogen-bond acceptors (Lipinski definition) is 4. The third kappa shape index (κ3) is 2.88. The minimum atomic E-state index is 0.179. The zero-order valence-corrected chi connectivity index (χ0v) is 12.5. The van der Waals surface area contributed by atoms with Crippen LogP contribution in [0.2, 0.25) is 0 Å². The Hall–Kier alpha value is -1.75. The van der Waals surface area contributed by atoms with Crippen molar-refractivity contribution in [2.45, 2.75) is 25.8 Å². The number of aryl methyl sites for hydroxylation is 1. The highest BCUT2D eigenvalue weighted by atomic mass is 16.4. The summed E-state index contributed by atoms with van der Waals surface area (Å²) in [6.45, 7) is 4.07. The molecule has 5 nitrogen and oxygen atoms in total. The first-order chi connectivity index (χ1) is 9.54. The molecule has 110 valence electrons. The number of hydrogen-bond donors (Lipinski definition) is 2. The summed E-state index contributed by atoms with van der Waals surface area (Å²) < 4.78 is 0. The summed E-state index contributed by atoms with van der Waals surface area (Å²) in [5.74, 6) is 0.179. The van der Waals surface area contributed by atoms with Gasteiger partial charge in [0.2, 0.25) is 0 Å². The average molecular weight is 276 g/mol. The zero-order chi connectivity index (χ0) is 14.7. The van der Waals surface area contributed by atoms with Crippen LogP contribution in [0.3, 0.4) is 0 Å². The van der Waals surface area contributed by atoms with Crippen LogP contribution < -0.4 is 10.6 Å². The van der Waals surface area contributed by atoms with Crippen LogP contribution in [0.1, 0.15) is 24.0 Å². The highest BCUT2D eigenvalue weighted by molar-refractivity contribution is 6.02. The van der Waals surface area contributed by atoms with Crippen LogP contribution in [-0.2, 0) is 0 Å². The van der Waals surface area contributed by atoms with Crippen molar-refractivity contribution < 1.29 is 5.21 Å². The van der Waals surface area contributed by atoms with Gasteiger partial charge in [0, 0.05) is 24.7 Å². The van der Waals surface area contributed by atoms with Crippen molar-refractivity contribution in [2.75, 3.05) is 32.1 Å². The number of amidine groups is 1. The van der Waals surface area contributed by atoms with E-state index in [-0.39, 0.29) is 5.84 Å². The molecule has 0 atom stereocenters. The second kappa shape index (κ2) is 6.13. The molecule has 1 aromatic rings. The maximum Gasteiger partial charge on any atom is 0.172 e. The van der Waals surface area contributed by atoms with E-state index in [1.54, 1.807) is 0 Å². The van der Waals surface area contributed by atoms with Crippen molar-refractivity contribution >= 4 is 11.5 Å². The summed E-state index contributed by atoms with van der Waals surface area (Å²) in [5.41, 5.74) is 8.89. The van der Waals surface area contributed by atoms with Crippen molar-refractivity contribution in [2.24, 2.45) is 10.9 Å². The van der Waals surface area contributed by atoms with Gasteiger partial charge in [-0.15, -0.1) is 0 Å². The molecule has 3 N–H and O–H groups in total. The smallest absolute Gasteiger partial charge is 0.172 e. The molecule has 1 saturated heterocycles. The first-order valence-corrected chi connectivity index (χ1v) is 7.03. The maximum atomic E-state index is 8.95. The van der Waals surface area contributed by atoms with Crippen LogP contribution in [0.4, 0.5) is 5.69 Å². The lowest BCUT2D eigenvalue weighted by molar-refractivity contribution is 0.249. The molecule has 0 aliphatic carbocycles. The maximum absolute atomic E-state index is 8.95. The average Bonchev–Trinajstić information content (AvgIpc) is 2.46. The Balaban J connectivity index is 2.26. The highest BCUT2D eigenvalue weighted by Crippen LogP contribution is 2.28. The number of nitrogens with zero attached hydrogens (tertiary/aromatic N) is 3. The Morgan fingerprint density at radius 3 is 2.55 bits per heavy atom. The van der Waals surface area contributed by atoms with Gasteiger partial charge in [0.15, 0.2) is 5.84 Å². The number of rotatable bonds is 3. The number of para-hydroxylation sites is 1. The standard InChI is InChI=1S/C15H24N4O/c1-11-5-4-6-13(15(16)17-20)14(11)19-9-7-12(8-10-19)18(2)3/h4-6,12,20H,7-10H2,1-3H3,(H2,16,17). The van der Waals surface area contributed by atoms with Crippen LogP contribution in [0.15, 0.2) is 23.4 Å². The first kappa shape index (κ1) is 14.7. The van der Waals surface area contributed by atoms with E-state index in [9.17, 15) is 0 Å². The van der Waals surface area contributed by atoms with Gasteiger partial charge in [-0.05, 0) is 45.5 Å². The number of nitrogens with two attached hydrogens (primary N) is 1. The van der Waals surface area contributed by atoms with Gasteiger partial charge in [0.05, 0.1) is 5.69 Å². The predicted octanol–water partition coefficient (Wildman–Crippen LogP) is 1.62. The van der Waals surface area contributed by atoms with Gasteiger partial charge in [0.25, 0.3) is 0 Å². The van der Waals surface area contributed by atoms with Gasteiger partial charge >= 0.3 is 0 Å². The molecule has 0 saturated carbocycles. The minimum Gasteiger partial charge on any atom is -0.409 e. The van der Waals surface area contributed by atoms with Gasteiger partial charge in [-0.1, -0.05) is 17.3 Å². The molecule has 1 aliphatic rings. The lowest BCUT2D eigenvalue weighted by atomic mass is 10.00. The lowest BCUT2D eigenvalue weighted by Gasteiger charge is -2.38. The fourth-order valence-corrected chi connectivity index (χ4v) is 2.95. The van der Waals surface area contributed by atoms with E-state index in [0.29, 0.717) is 6.04 Å². The summed E-state index contributed by atoms with van der Waals surface area (Å²) in [6.07, 6.45) is 2.27. The Morgan fingerprint density at radius 1 is 1.35 bits per heavy atom. The van der Waals surface area contributed by atoms with Crippen LogP contribution >= 0.6 is 0 Å². The summed E-state index contributed by atoms with van der Waals surface area (Å²) in [4.78, 5) is 4.64. The van der Waals surface area contributed by atoms with Crippen LogP contribution in [-0.4, -0.2) is 49.2 Å². The second-order valence-electron chi connectivity index (χ2n) is 5.64. The largest absolute Gasteiger partial charge is 0.409 e. The molecule has 0 radical (unpaired) electrons. The van der Waals surface area contributed by atoms with E-state index < -0.39 is 0 Å². The van der Waals surface area contributed by atoms with Crippen LogP contribution in [0, 0.1) is 6.92 Å². The fraction of sp³-hybridized carbons (Fsp3) is 0.533. The van der Waals surface area contributed by atoms with Gasteiger partial charge in [-0.3, -0.25) is 0 Å². The first-order valence-electron chi connectivity index (χ1n) is 7.03. The third-order valence-corrected chi connectivity index (χ3v) is 4.13. The normalized spacial score (nSPS) is 17.8. The molecule has 0 amide bonds. The minimum absolute atomic E-state index is 0.179. The van der Waals surface area contributed by atoms with E-state index in [2.05, 4.69) is 42.0 Å². The van der Waals surface area contributed by atoms with E-state index in [1.165, 1.54) is 0 Å². The monoisotopic (exact) mass is 276 g/mol. The van der Waals surface area contributed by atoms with Crippen LogP contribution in [0.25, 0.3) is 0 Å². The predicted molar refractivity (Wildman–Crippen MR) is 82.6 cm³/mol. The van der Waals surface area contributed by atoms with Crippen molar-refractivity contribution in [3.63, 3.8) is 0 Å². The molecular formula is C15H24N4O. The zero-order valence-electron chi connectivity index (χ0n) is 12.5. The van der Waals surface area contributed by atoms with E-state index in [0.717, 1.165) is 42.7 Å². The fourth-order valence-electron chi connectivity index (χ4n) is 2.95. The van der Waals surface area contributed by atoms with E-state index in [4.69, 9.17) is 10.9 Å². The molecule has 0 spiro atoms. The Labute approximate surface area is 120 Å². The van der Waals surface area contributed by atoms with Crippen molar-refractivity contribution in [1.29, 1.82) is 0 Å². The lowest BCUT2D eigenvalue weighted by Crippen LogP contribution is -2.42. The molecule has 1 aromatic carbocycles. The van der Waals surface area contributed by atoms with Gasteiger partial charge in [-0.2, -0.15) is 0 Å². The molecule has 0 aromatic heterocycles. The summed E-state index contributed by atoms with van der Waals surface area (Å²) in [5, 5.41) is 12.1. The number of benzene rings is 1. The summed E-state index contributed by atoms with van der Waals surface area (Å²) in [7, 11) is 4.27. The molecule has 20 heavy (non-hydrogen) atoms. The SMILES string of the molecule is Cc1cccc(/C(N)=N/O)c1N1CCC(N(C)C)CC1. The quantitative estimate of drug-likeness (QED) is 0.381. The molecule has 1 aliphatic heterocycles. The van der Waals surface area contributed by atoms with Gasteiger partial charge in [0.1, 0.15) is 0 Å². The van der Waals surface area contributed by atoms with E-state index >= 15 is 0 Å². The molecule has 0 unspecified atom stereocenters. The number of anilines is 1. The van der Waals surface area contributed by atoms with Crippen LogP contribution in [0.5, 0.6) is 0 Å². The summed E-state index contributed by atoms with van der Waals surface area (Å²) >= 11 is 0. The second-order valence-corrected chi connectivity index (χ2v) is 5.64. The Bertz CT molecular complexity index is 491. The molecule has 1 heterocycles. The van der Waals surface area contributed by atoms with Gasteiger partial charge < -0.3 is 20.7 Å². The van der Waals surface area contributed by atoms with Crippen molar-refractivity contribution in [3.05, 3.63) is 29.3 Å². The number of piperidine rings is 1.